The van der Waals surface area contributed by atoms with Crippen molar-refractivity contribution in [3.8, 4) is 0 Å². The van der Waals surface area contributed by atoms with E-state index in [-0.39, 0.29) is 0 Å². The Morgan fingerprint density at radius 3 is 2.45 bits per heavy atom. The van der Waals surface area contributed by atoms with Crippen LogP contribution in [0, 0.1) is 0 Å². The predicted octanol–water partition coefficient (Wildman–Crippen LogP) is 3.14. The molecule has 0 radical (unpaired) electrons. The second kappa shape index (κ2) is 4.04. The average Bonchev–Trinajstić information content (AvgIpc) is 2.07. The Labute approximate surface area is 72.7 Å². The molecule has 0 aliphatic rings. The second-order valence-electron chi connectivity index (χ2n) is 2.15. The quantitative estimate of drug-likeness (QED) is 0.501. The van der Waals surface area contributed by atoms with Gasteiger partial charge in [-0.1, -0.05) is 43.0 Å². The van der Waals surface area contributed by atoms with Crippen molar-refractivity contribution in [1.82, 2.24) is 0 Å². The predicted molar refractivity (Wildman–Crippen MR) is 53.6 cm³/mol. The zero-order chi connectivity index (χ0) is 8.10. The molecule has 0 aliphatic carbocycles. The third kappa shape index (κ3) is 2.28. The molecule has 1 aromatic rings. The van der Waals surface area contributed by atoms with E-state index in [9.17, 15) is 0 Å². The maximum atomic E-state index is 4.29. The normalized spacial score (nSPS) is 11.2. The summed E-state index contributed by atoms with van der Waals surface area (Å²) in [6.45, 7) is 3.60. The van der Waals surface area contributed by atoms with Gasteiger partial charge in [-0.2, -0.15) is 0 Å². The van der Waals surface area contributed by atoms with Gasteiger partial charge >= 0.3 is 0 Å². The molecule has 0 unspecified atom stereocenters. The molecule has 0 nitrogen and oxygen atoms in total. The van der Waals surface area contributed by atoms with Crippen molar-refractivity contribution >= 4 is 17.5 Å². The van der Waals surface area contributed by atoms with Crippen LogP contribution in [-0.2, 0) is 0 Å². The van der Waals surface area contributed by atoms with Crippen molar-refractivity contribution in [3.63, 3.8) is 0 Å². The third-order valence-corrected chi connectivity index (χ3v) is 1.75. The molecule has 11 heavy (non-hydrogen) atoms. The highest BCUT2D eigenvalue weighted by Crippen LogP contribution is 2.16. The van der Waals surface area contributed by atoms with E-state index in [0.717, 1.165) is 10.5 Å². The first-order valence-electron chi connectivity index (χ1n) is 3.41. The molecule has 0 fully saturated rings. The molecule has 0 saturated heterocycles. The highest BCUT2D eigenvalue weighted by molar-refractivity contribution is 7.90. The van der Waals surface area contributed by atoms with Gasteiger partial charge in [-0.3, -0.25) is 0 Å². The lowest BCUT2D eigenvalue weighted by Gasteiger charge is -1.96. The van der Waals surface area contributed by atoms with Gasteiger partial charge in [0, 0.05) is 4.91 Å². The summed E-state index contributed by atoms with van der Waals surface area (Å²) >= 11 is 4.29. The van der Waals surface area contributed by atoms with Crippen molar-refractivity contribution in [2.24, 2.45) is 0 Å². The highest BCUT2D eigenvalue weighted by atomic mass is 32.1. The monoisotopic (exact) mass is 162 g/mol. The average molecular weight is 162 g/mol. The van der Waals surface area contributed by atoms with Crippen molar-refractivity contribution in [3.05, 3.63) is 54.6 Å². The zero-order valence-electron chi connectivity index (χ0n) is 6.20. The minimum Gasteiger partial charge on any atom is -0.143 e. The number of benzene rings is 1. The number of thiol groups is 1. The van der Waals surface area contributed by atoms with Crippen LogP contribution >= 0.6 is 12.6 Å². The minimum atomic E-state index is 0.945. The van der Waals surface area contributed by atoms with E-state index in [1.165, 1.54) is 0 Å². The summed E-state index contributed by atoms with van der Waals surface area (Å²) in [7, 11) is 0. The third-order valence-electron chi connectivity index (χ3n) is 1.35. The van der Waals surface area contributed by atoms with Gasteiger partial charge in [-0.25, -0.2) is 0 Å². The van der Waals surface area contributed by atoms with Crippen molar-refractivity contribution in [2.45, 2.75) is 0 Å². The van der Waals surface area contributed by atoms with Crippen LogP contribution in [0.2, 0.25) is 0 Å². The van der Waals surface area contributed by atoms with Gasteiger partial charge in [0.05, 0.1) is 0 Å². The van der Waals surface area contributed by atoms with Crippen LogP contribution in [0.25, 0.3) is 4.91 Å². The van der Waals surface area contributed by atoms with Crippen LogP contribution < -0.4 is 0 Å². The Kier molecular flexibility index (Phi) is 2.99. The van der Waals surface area contributed by atoms with Crippen molar-refractivity contribution in [2.75, 3.05) is 0 Å². The molecule has 0 spiro atoms. The van der Waals surface area contributed by atoms with Crippen molar-refractivity contribution < 1.29 is 0 Å². The number of hydrogen-bond acceptors (Lipinski definition) is 1. The molecule has 0 amide bonds. The summed E-state index contributed by atoms with van der Waals surface area (Å²) in [5.41, 5.74) is 1.12. The summed E-state index contributed by atoms with van der Waals surface area (Å²) < 4.78 is 0. The van der Waals surface area contributed by atoms with E-state index in [2.05, 4.69) is 19.2 Å². The Balaban J connectivity index is 2.94. The molecular formula is C10H10S. The minimum absolute atomic E-state index is 0.945. The van der Waals surface area contributed by atoms with Crippen LogP contribution in [0.15, 0.2) is 49.1 Å². The van der Waals surface area contributed by atoms with Crippen LogP contribution in [0.1, 0.15) is 5.56 Å². The van der Waals surface area contributed by atoms with E-state index >= 15 is 0 Å². The largest absolute Gasteiger partial charge is 0.143 e. The van der Waals surface area contributed by atoms with Crippen LogP contribution in [0.5, 0.6) is 0 Å². The van der Waals surface area contributed by atoms with Gasteiger partial charge < -0.3 is 0 Å². The highest BCUT2D eigenvalue weighted by Gasteiger charge is 1.90. The summed E-state index contributed by atoms with van der Waals surface area (Å²) in [6.07, 6.45) is 3.60. The molecule has 56 valence electrons. The maximum absolute atomic E-state index is 4.29. The Morgan fingerprint density at radius 2 is 1.91 bits per heavy atom. The number of rotatable bonds is 2. The fourth-order valence-corrected chi connectivity index (χ4v) is 1.07. The van der Waals surface area contributed by atoms with Crippen LogP contribution in [0.3, 0.4) is 0 Å². The fourth-order valence-electron chi connectivity index (χ4n) is 0.817. The second-order valence-corrected chi connectivity index (χ2v) is 2.64. The van der Waals surface area contributed by atoms with E-state index < -0.39 is 0 Å². The van der Waals surface area contributed by atoms with Gasteiger partial charge in [0.2, 0.25) is 0 Å². The van der Waals surface area contributed by atoms with E-state index in [0.29, 0.717) is 0 Å². The molecule has 1 heteroatoms. The van der Waals surface area contributed by atoms with Gasteiger partial charge in [0.25, 0.3) is 0 Å². The topological polar surface area (TPSA) is 0 Å². The van der Waals surface area contributed by atoms with E-state index in [1.54, 1.807) is 6.08 Å². The SMILES string of the molecule is C=C/C=C(\S)c1ccccc1. The molecule has 0 N–H and O–H groups in total. The summed E-state index contributed by atoms with van der Waals surface area (Å²) in [6, 6.07) is 9.99. The molecule has 0 bridgehead atoms. The Hall–Kier alpha value is -0.950. The maximum Gasteiger partial charge on any atom is 0.0112 e. The fraction of sp³-hybridized carbons (Fsp3) is 0. The molecule has 0 aliphatic heterocycles. The molecule has 0 heterocycles. The molecule has 0 aromatic heterocycles. The summed E-state index contributed by atoms with van der Waals surface area (Å²) in [5.74, 6) is 0. The lowest BCUT2D eigenvalue weighted by molar-refractivity contribution is 1.65. The molecule has 1 rings (SSSR count). The standard InChI is InChI=1S/C10H10S/c1-2-6-10(11)9-7-4-3-5-8-9/h2-8,11H,1H2/b10-6-. The molecule has 0 saturated carbocycles. The molecule has 0 atom stereocenters. The lowest BCUT2D eigenvalue weighted by Crippen LogP contribution is -1.73. The first-order chi connectivity index (χ1) is 5.34. The number of hydrogen-bond donors (Lipinski definition) is 1. The first kappa shape index (κ1) is 8.15. The smallest absolute Gasteiger partial charge is 0.0112 e. The van der Waals surface area contributed by atoms with Crippen LogP contribution in [-0.4, -0.2) is 0 Å². The van der Waals surface area contributed by atoms with Crippen molar-refractivity contribution in [1.29, 1.82) is 0 Å². The van der Waals surface area contributed by atoms with E-state index in [4.69, 9.17) is 0 Å². The molecular weight excluding hydrogens is 152 g/mol. The van der Waals surface area contributed by atoms with E-state index in [1.807, 2.05) is 36.4 Å². The van der Waals surface area contributed by atoms with Gasteiger partial charge in [-0.05, 0) is 11.6 Å². The van der Waals surface area contributed by atoms with Gasteiger partial charge in [0.15, 0.2) is 0 Å². The van der Waals surface area contributed by atoms with Gasteiger partial charge in [0.1, 0.15) is 0 Å². The Bertz CT molecular complexity index is 259. The van der Waals surface area contributed by atoms with Crippen LogP contribution in [0.4, 0.5) is 0 Å². The van der Waals surface area contributed by atoms with Gasteiger partial charge in [-0.15, -0.1) is 12.6 Å². The zero-order valence-corrected chi connectivity index (χ0v) is 7.09. The molecule has 1 aromatic carbocycles. The summed E-state index contributed by atoms with van der Waals surface area (Å²) in [5, 5.41) is 0. The Morgan fingerprint density at radius 1 is 1.27 bits per heavy atom. The number of allylic oxidation sites excluding steroid dienone is 2. The summed E-state index contributed by atoms with van der Waals surface area (Å²) in [4.78, 5) is 0.945. The lowest BCUT2D eigenvalue weighted by atomic mass is 10.2. The first-order valence-corrected chi connectivity index (χ1v) is 3.86.